The van der Waals surface area contributed by atoms with Gasteiger partial charge in [-0.15, -0.1) is 0 Å². The Labute approximate surface area is 196 Å². The average Bonchev–Trinajstić information content (AvgIpc) is 2.72. The molecule has 0 saturated heterocycles. The Morgan fingerprint density at radius 3 is 2.42 bits per heavy atom. The first-order chi connectivity index (χ1) is 15.5. The van der Waals surface area contributed by atoms with Crippen molar-refractivity contribution >= 4 is 17.7 Å². The number of alkyl carbamates (subject to hydrolysis) is 1. The van der Waals surface area contributed by atoms with Gasteiger partial charge in [-0.3, -0.25) is 0 Å². The second-order valence-corrected chi connectivity index (χ2v) is 10.1. The topological polar surface area (TPSA) is 76.1 Å². The second-order valence-electron chi connectivity index (χ2n) is 10.1. The Morgan fingerprint density at radius 2 is 1.70 bits per heavy atom. The van der Waals surface area contributed by atoms with Gasteiger partial charge in [0.05, 0.1) is 5.69 Å². The third-order valence-corrected chi connectivity index (χ3v) is 4.94. The van der Waals surface area contributed by atoms with Crippen LogP contribution in [-0.2, 0) is 16.6 Å². The second kappa shape index (κ2) is 10.0. The summed E-state index contributed by atoms with van der Waals surface area (Å²) < 4.78 is 5.28. The van der Waals surface area contributed by atoms with Gasteiger partial charge in [-0.2, -0.15) is 0 Å². The molecule has 0 aliphatic rings. The summed E-state index contributed by atoms with van der Waals surface area (Å²) in [5.74, 6) is 1.51. The quantitative estimate of drug-likeness (QED) is 0.468. The van der Waals surface area contributed by atoms with Crippen LogP contribution in [0.1, 0.15) is 52.7 Å². The Bertz CT molecular complexity index is 1100. The standard InChI is InChI=1S/C27H34N4O2/c1-26(2,3)21-14-16-28-24(18-21)31-23-12-8-11-22(30-23)20-10-7-9-19(17-20)13-15-29-25(32)33-27(4,5)6/h7-12,14,16-18H,13,15H2,1-6H3,(H,29,32)(H,28,30,31). The van der Waals surface area contributed by atoms with Gasteiger partial charge in [-0.1, -0.05) is 45.0 Å². The first kappa shape index (κ1) is 24.2. The van der Waals surface area contributed by atoms with Crippen molar-refractivity contribution in [1.29, 1.82) is 0 Å². The van der Waals surface area contributed by atoms with E-state index < -0.39 is 11.7 Å². The minimum absolute atomic E-state index is 0.0490. The molecule has 2 heterocycles. The molecule has 1 amide bonds. The predicted octanol–water partition coefficient (Wildman–Crippen LogP) is 6.25. The van der Waals surface area contributed by atoms with Crippen molar-refractivity contribution in [1.82, 2.24) is 15.3 Å². The number of aromatic nitrogens is 2. The fourth-order valence-electron chi connectivity index (χ4n) is 3.27. The number of anilines is 2. The van der Waals surface area contributed by atoms with Crippen LogP contribution in [0.3, 0.4) is 0 Å². The van der Waals surface area contributed by atoms with Crippen LogP contribution in [0.5, 0.6) is 0 Å². The predicted molar refractivity (Wildman–Crippen MR) is 134 cm³/mol. The van der Waals surface area contributed by atoms with E-state index in [1.54, 1.807) is 0 Å². The Morgan fingerprint density at radius 1 is 0.939 bits per heavy atom. The number of hydrogen-bond donors (Lipinski definition) is 2. The zero-order chi connectivity index (χ0) is 24.1. The molecule has 3 aromatic rings. The van der Waals surface area contributed by atoms with Crippen molar-refractivity contribution in [3.05, 3.63) is 71.9 Å². The molecule has 33 heavy (non-hydrogen) atoms. The van der Waals surface area contributed by atoms with Crippen molar-refractivity contribution in [3.8, 4) is 11.3 Å². The maximum absolute atomic E-state index is 11.8. The van der Waals surface area contributed by atoms with Crippen LogP contribution in [0.15, 0.2) is 60.8 Å². The van der Waals surface area contributed by atoms with Crippen molar-refractivity contribution in [2.45, 2.75) is 59.0 Å². The summed E-state index contributed by atoms with van der Waals surface area (Å²) in [6.45, 7) is 12.6. The van der Waals surface area contributed by atoms with Gasteiger partial charge < -0.3 is 15.4 Å². The average molecular weight is 447 g/mol. The molecule has 0 aliphatic heterocycles. The van der Waals surface area contributed by atoms with E-state index in [0.717, 1.165) is 28.5 Å². The molecule has 0 spiro atoms. The number of pyridine rings is 2. The van der Waals surface area contributed by atoms with E-state index in [1.165, 1.54) is 5.56 Å². The summed E-state index contributed by atoms with van der Waals surface area (Å²) in [7, 11) is 0. The first-order valence-corrected chi connectivity index (χ1v) is 11.3. The fourth-order valence-corrected chi connectivity index (χ4v) is 3.27. The van der Waals surface area contributed by atoms with E-state index >= 15 is 0 Å². The van der Waals surface area contributed by atoms with Crippen LogP contribution in [0.2, 0.25) is 0 Å². The molecule has 0 atom stereocenters. The summed E-state index contributed by atoms with van der Waals surface area (Å²) in [6.07, 6.45) is 2.12. The summed E-state index contributed by atoms with van der Waals surface area (Å²) in [5, 5.41) is 6.13. The van der Waals surface area contributed by atoms with Gasteiger partial charge in [-0.25, -0.2) is 14.8 Å². The molecule has 1 aromatic carbocycles. The van der Waals surface area contributed by atoms with Gasteiger partial charge >= 0.3 is 6.09 Å². The number of ether oxygens (including phenoxy) is 1. The lowest BCUT2D eigenvalue weighted by atomic mass is 9.88. The minimum Gasteiger partial charge on any atom is -0.444 e. The molecule has 3 rings (SSSR count). The molecule has 0 aliphatic carbocycles. The fraction of sp³-hybridized carbons (Fsp3) is 0.370. The maximum Gasteiger partial charge on any atom is 0.407 e. The van der Waals surface area contributed by atoms with Crippen LogP contribution < -0.4 is 10.6 Å². The van der Waals surface area contributed by atoms with Crippen LogP contribution in [0.4, 0.5) is 16.4 Å². The molecule has 6 nitrogen and oxygen atoms in total. The number of amides is 1. The lowest BCUT2D eigenvalue weighted by Gasteiger charge is -2.19. The summed E-state index contributed by atoms with van der Waals surface area (Å²) in [4.78, 5) is 21.1. The highest BCUT2D eigenvalue weighted by Gasteiger charge is 2.16. The number of rotatable bonds is 6. The van der Waals surface area contributed by atoms with Crippen LogP contribution >= 0.6 is 0 Å². The lowest BCUT2D eigenvalue weighted by molar-refractivity contribution is 0.0528. The van der Waals surface area contributed by atoms with E-state index in [-0.39, 0.29) is 5.41 Å². The molecule has 0 saturated carbocycles. The molecule has 0 unspecified atom stereocenters. The zero-order valence-corrected chi connectivity index (χ0v) is 20.4. The van der Waals surface area contributed by atoms with E-state index in [9.17, 15) is 4.79 Å². The number of carbonyl (C=O) groups is 1. The third-order valence-electron chi connectivity index (χ3n) is 4.94. The van der Waals surface area contributed by atoms with Gasteiger partial charge in [0, 0.05) is 18.3 Å². The zero-order valence-electron chi connectivity index (χ0n) is 20.4. The van der Waals surface area contributed by atoms with Crippen LogP contribution in [0, 0.1) is 0 Å². The van der Waals surface area contributed by atoms with Gasteiger partial charge in [-0.05, 0) is 74.1 Å². The Kier molecular flexibility index (Phi) is 7.36. The maximum atomic E-state index is 11.8. The monoisotopic (exact) mass is 446 g/mol. The molecule has 0 fully saturated rings. The van der Waals surface area contributed by atoms with Gasteiger partial charge in [0.1, 0.15) is 17.2 Å². The molecular formula is C27H34N4O2. The third kappa shape index (κ3) is 7.59. The van der Waals surface area contributed by atoms with E-state index in [1.807, 2.05) is 69.4 Å². The number of benzene rings is 1. The number of nitrogens with zero attached hydrogens (tertiary/aromatic N) is 2. The summed E-state index contributed by atoms with van der Waals surface area (Å²) in [5.41, 5.74) is 3.76. The Hall–Kier alpha value is -3.41. The molecule has 6 heteroatoms. The lowest BCUT2D eigenvalue weighted by Crippen LogP contribution is -2.33. The summed E-state index contributed by atoms with van der Waals surface area (Å²) in [6, 6.07) is 18.2. The minimum atomic E-state index is -0.502. The van der Waals surface area contributed by atoms with Crippen LogP contribution in [-0.4, -0.2) is 28.2 Å². The largest absolute Gasteiger partial charge is 0.444 e. The van der Waals surface area contributed by atoms with Crippen molar-refractivity contribution in [2.24, 2.45) is 0 Å². The number of carbonyl (C=O) groups excluding carboxylic acids is 1. The van der Waals surface area contributed by atoms with E-state index in [0.29, 0.717) is 13.0 Å². The highest BCUT2D eigenvalue weighted by atomic mass is 16.6. The van der Waals surface area contributed by atoms with Crippen molar-refractivity contribution in [2.75, 3.05) is 11.9 Å². The summed E-state index contributed by atoms with van der Waals surface area (Å²) >= 11 is 0. The molecule has 0 bridgehead atoms. The smallest absolute Gasteiger partial charge is 0.407 e. The van der Waals surface area contributed by atoms with Gasteiger partial charge in [0.15, 0.2) is 0 Å². The molecule has 0 radical (unpaired) electrons. The van der Waals surface area contributed by atoms with Gasteiger partial charge in [0.2, 0.25) is 0 Å². The normalized spacial score (nSPS) is 11.7. The van der Waals surface area contributed by atoms with Crippen molar-refractivity contribution in [3.63, 3.8) is 0 Å². The molecular weight excluding hydrogens is 412 g/mol. The molecule has 2 aromatic heterocycles. The van der Waals surface area contributed by atoms with E-state index in [4.69, 9.17) is 9.72 Å². The highest BCUT2D eigenvalue weighted by molar-refractivity contribution is 5.67. The van der Waals surface area contributed by atoms with Crippen molar-refractivity contribution < 1.29 is 9.53 Å². The SMILES string of the molecule is CC(C)(C)OC(=O)NCCc1cccc(-c2cccc(Nc3cc(C(C)(C)C)ccn3)n2)c1. The Balaban J connectivity index is 1.67. The highest BCUT2D eigenvalue weighted by Crippen LogP contribution is 2.25. The first-order valence-electron chi connectivity index (χ1n) is 11.3. The number of hydrogen-bond acceptors (Lipinski definition) is 5. The molecule has 2 N–H and O–H groups in total. The molecule has 174 valence electrons. The van der Waals surface area contributed by atoms with Crippen LogP contribution in [0.25, 0.3) is 11.3 Å². The number of nitrogens with one attached hydrogen (secondary N) is 2. The van der Waals surface area contributed by atoms with E-state index in [2.05, 4.69) is 48.5 Å². The van der Waals surface area contributed by atoms with Gasteiger partial charge in [0.25, 0.3) is 0 Å².